The molecule has 0 radical (unpaired) electrons. The van der Waals surface area contributed by atoms with E-state index in [1.807, 2.05) is 11.0 Å². The topological polar surface area (TPSA) is 59.4 Å². The van der Waals surface area contributed by atoms with Crippen LogP contribution in [0.5, 0.6) is 0 Å². The summed E-state index contributed by atoms with van der Waals surface area (Å²) in [5.41, 5.74) is 4.02. The van der Waals surface area contributed by atoms with Gasteiger partial charge in [0.1, 0.15) is 0 Å². The fourth-order valence-electron chi connectivity index (χ4n) is 2.39. The molecule has 1 aliphatic heterocycles. The molecule has 0 aliphatic carbocycles. The van der Waals surface area contributed by atoms with Crippen molar-refractivity contribution in [3.05, 3.63) is 36.5 Å². The monoisotopic (exact) mass is 288 g/mol. The summed E-state index contributed by atoms with van der Waals surface area (Å²) < 4.78 is 0. The number of carbonyl (C=O) groups excluding carboxylic acids is 1. The van der Waals surface area contributed by atoms with Gasteiger partial charge >= 0.3 is 6.03 Å². The van der Waals surface area contributed by atoms with Crippen molar-refractivity contribution in [3.8, 4) is 6.07 Å². The molecule has 1 rings (SSSR count). The number of piperidine rings is 1. The van der Waals surface area contributed by atoms with Gasteiger partial charge in [-0.05, 0) is 37.8 Å². The predicted octanol–water partition coefficient (Wildman–Crippen LogP) is 2.61. The third kappa shape index (κ3) is 4.76. The highest BCUT2D eigenvalue weighted by Crippen LogP contribution is 2.18. The first-order valence-corrected chi connectivity index (χ1v) is 7.21. The second-order valence-electron chi connectivity index (χ2n) is 5.20. The highest BCUT2D eigenvalue weighted by atomic mass is 16.2. The molecule has 5 nitrogen and oxygen atoms in total. The lowest BCUT2D eigenvalue weighted by atomic mass is 10.0. The number of amides is 2. The van der Waals surface area contributed by atoms with Gasteiger partial charge in [0.05, 0.1) is 18.2 Å². The molecule has 1 unspecified atom stereocenters. The standard InChI is InChI=1S/C16H24N4O/c1-5-15(11-17)10-13(2)12-20(18-4)16(21)19-9-7-6-8-14(19)3/h5,10,14,18H,1-2,6-9,12H2,3-4H3/b15-10+. The Morgan fingerprint density at radius 3 is 2.81 bits per heavy atom. The third-order valence-corrected chi connectivity index (χ3v) is 3.62. The summed E-state index contributed by atoms with van der Waals surface area (Å²) in [6, 6.07) is 2.23. The highest BCUT2D eigenvalue weighted by Gasteiger charge is 2.26. The molecule has 5 heteroatoms. The van der Waals surface area contributed by atoms with Gasteiger partial charge in [0.25, 0.3) is 0 Å². The van der Waals surface area contributed by atoms with Gasteiger partial charge in [0.2, 0.25) is 0 Å². The first-order valence-electron chi connectivity index (χ1n) is 7.21. The Morgan fingerprint density at radius 1 is 1.57 bits per heavy atom. The van der Waals surface area contributed by atoms with Crippen LogP contribution in [0.1, 0.15) is 26.2 Å². The van der Waals surface area contributed by atoms with E-state index in [4.69, 9.17) is 5.26 Å². The van der Waals surface area contributed by atoms with Crippen molar-refractivity contribution in [3.63, 3.8) is 0 Å². The molecule has 114 valence electrons. The highest BCUT2D eigenvalue weighted by molar-refractivity contribution is 5.74. The summed E-state index contributed by atoms with van der Waals surface area (Å²) in [6.07, 6.45) is 6.38. The Kier molecular flexibility index (Phi) is 6.70. The molecule has 1 atom stereocenters. The van der Waals surface area contributed by atoms with E-state index >= 15 is 0 Å². The number of hydrazine groups is 1. The van der Waals surface area contributed by atoms with E-state index in [2.05, 4.69) is 25.5 Å². The van der Waals surface area contributed by atoms with Crippen molar-refractivity contribution in [2.75, 3.05) is 20.1 Å². The van der Waals surface area contributed by atoms with Crippen LogP contribution in [0.3, 0.4) is 0 Å². The Morgan fingerprint density at radius 2 is 2.29 bits per heavy atom. The van der Waals surface area contributed by atoms with Crippen LogP contribution in [0.15, 0.2) is 36.5 Å². The number of carbonyl (C=O) groups is 1. The number of urea groups is 1. The minimum Gasteiger partial charge on any atom is -0.321 e. The number of likely N-dealkylation sites (tertiary alicyclic amines) is 1. The van der Waals surface area contributed by atoms with E-state index in [0.717, 1.165) is 19.4 Å². The number of hydrogen-bond acceptors (Lipinski definition) is 3. The molecule has 1 saturated heterocycles. The molecule has 0 aromatic rings. The van der Waals surface area contributed by atoms with Gasteiger partial charge in [0.15, 0.2) is 0 Å². The molecular formula is C16H24N4O. The Hall–Kier alpha value is -2.06. The summed E-state index contributed by atoms with van der Waals surface area (Å²) >= 11 is 0. The molecule has 0 aromatic heterocycles. The van der Waals surface area contributed by atoms with E-state index in [-0.39, 0.29) is 12.1 Å². The van der Waals surface area contributed by atoms with Crippen molar-refractivity contribution < 1.29 is 4.79 Å². The maximum atomic E-state index is 12.5. The van der Waals surface area contributed by atoms with Crippen molar-refractivity contribution in [2.45, 2.75) is 32.2 Å². The molecule has 0 aromatic carbocycles. The summed E-state index contributed by atoms with van der Waals surface area (Å²) in [7, 11) is 1.71. The van der Waals surface area contributed by atoms with Crippen molar-refractivity contribution in [2.24, 2.45) is 0 Å². The lowest BCUT2D eigenvalue weighted by molar-refractivity contribution is 0.110. The molecule has 1 N–H and O–H groups in total. The molecule has 0 saturated carbocycles. The zero-order valence-electron chi connectivity index (χ0n) is 12.9. The average Bonchev–Trinajstić information content (AvgIpc) is 2.50. The lowest BCUT2D eigenvalue weighted by Crippen LogP contribution is -2.53. The summed E-state index contributed by atoms with van der Waals surface area (Å²) in [6.45, 7) is 10.7. The number of allylic oxidation sites excluding steroid dienone is 2. The maximum Gasteiger partial charge on any atom is 0.334 e. The van der Waals surface area contributed by atoms with Crippen LogP contribution in [0.2, 0.25) is 0 Å². The van der Waals surface area contributed by atoms with Crippen LogP contribution in [0.25, 0.3) is 0 Å². The van der Waals surface area contributed by atoms with Gasteiger partial charge in [-0.25, -0.2) is 10.2 Å². The van der Waals surface area contributed by atoms with Crippen LogP contribution in [-0.4, -0.2) is 42.1 Å². The minimum atomic E-state index is -0.0450. The van der Waals surface area contributed by atoms with Crippen LogP contribution in [0.4, 0.5) is 4.79 Å². The lowest BCUT2D eigenvalue weighted by Gasteiger charge is -2.37. The molecule has 1 aliphatic rings. The van der Waals surface area contributed by atoms with Crippen LogP contribution in [-0.2, 0) is 0 Å². The Bertz CT molecular complexity index is 475. The third-order valence-electron chi connectivity index (χ3n) is 3.62. The zero-order chi connectivity index (χ0) is 15.8. The van der Waals surface area contributed by atoms with Gasteiger partial charge in [0, 0.05) is 19.6 Å². The SMILES string of the molecule is C=C/C(C#N)=C\C(=C)CN(NC)C(=O)N1CCCCC1C. The molecule has 0 spiro atoms. The number of hydrogen-bond donors (Lipinski definition) is 1. The summed E-state index contributed by atoms with van der Waals surface area (Å²) in [4.78, 5) is 14.4. The second kappa shape index (κ2) is 8.28. The van der Waals surface area contributed by atoms with E-state index in [1.54, 1.807) is 13.1 Å². The minimum absolute atomic E-state index is 0.0450. The Labute approximate surface area is 127 Å². The van der Waals surface area contributed by atoms with Gasteiger partial charge in [-0.2, -0.15) is 5.26 Å². The van der Waals surface area contributed by atoms with Gasteiger partial charge in [-0.1, -0.05) is 19.2 Å². The second-order valence-corrected chi connectivity index (χ2v) is 5.20. The van der Waals surface area contributed by atoms with E-state index in [1.165, 1.54) is 17.5 Å². The van der Waals surface area contributed by atoms with E-state index < -0.39 is 0 Å². The first-order chi connectivity index (χ1) is 10.0. The fraction of sp³-hybridized carbons (Fsp3) is 0.500. The maximum absolute atomic E-state index is 12.5. The fourth-order valence-corrected chi connectivity index (χ4v) is 2.39. The number of rotatable bonds is 5. The predicted molar refractivity (Wildman–Crippen MR) is 84.2 cm³/mol. The van der Waals surface area contributed by atoms with Crippen LogP contribution in [0, 0.1) is 11.3 Å². The van der Waals surface area contributed by atoms with Gasteiger partial charge < -0.3 is 4.90 Å². The summed E-state index contributed by atoms with van der Waals surface area (Å²) in [5.74, 6) is 0. The smallest absolute Gasteiger partial charge is 0.321 e. The van der Waals surface area contributed by atoms with Crippen LogP contribution >= 0.6 is 0 Å². The largest absolute Gasteiger partial charge is 0.334 e. The number of nitrogens with one attached hydrogen (secondary N) is 1. The van der Waals surface area contributed by atoms with Crippen LogP contribution < -0.4 is 5.43 Å². The average molecular weight is 288 g/mol. The van der Waals surface area contributed by atoms with E-state index in [9.17, 15) is 4.79 Å². The number of nitrogens with zero attached hydrogens (tertiary/aromatic N) is 3. The normalized spacial score (nSPS) is 18.8. The molecule has 2 amide bonds. The van der Waals surface area contributed by atoms with Crippen molar-refractivity contribution in [1.82, 2.24) is 15.3 Å². The van der Waals surface area contributed by atoms with Crippen molar-refractivity contribution >= 4 is 6.03 Å². The molecule has 1 heterocycles. The number of nitriles is 1. The quantitative estimate of drug-likeness (QED) is 0.480. The van der Waals surface area contributed by atoms with Crippen molar-refractivity contribution in [1.29, 1.82) is 5.26 Å². The zero-order valence-corrected chi connectivity index (χ0v) is 12.9. The first kappa shape index (κ1) is 17.0. The summed E-state index contributed by atoms with van der Waals surface area (Å²) in [5, 5.41) is 10.4. The molecule has 1 fully saturated rings. The van der Waals surface area contributed by atoms with Gasteiger partial charge in [-0.3, -0.25) is 5.01 Å². The molecular weight excluding hydrogens is 264 g/mol. The Balaban J connectivity index is 2.72. The molecule has 0 bridgehead atoms. The molecule has 21 heavy (non-hydrogen) atoms. The van der Waals surface area contributed by atoms with Gasteiger partial charge in [-0.15, -0.1) is 0 Å². The van der Waals surface area contributed by atoms with E-state index in [0.29, 0.717) is 17.7 Å².